The highest BCUT2D eigenvalue weighted by atomic mass is 16.3. The molecule has 0 spiro atoms. The molecule has 20 heavy (non-hydrogen) atoms. The molecule has 1 saturated carbocycles. The minimum Gasteiger partial charge on any atom is -0.459 e. The van der Waals surface area contributed by atoms with E-state index in [2.05, 4.69) is 10.6 Å². The van der Waals surface area contributed by atoms with E-state index in [0.717, 1.165) is 19.3 Å². The minimum atomic E-state index is -0.679. The number of nitrogens with one attached hydrogen (secondary N) is 2. The van der Waals surface area contributed by atoms with Gasteiger partial charge in [-0.2, -0.15) is 0 Å². The number of hydrogen-bond acceptors (Lipinski definition) is 4. The molecule has 0 bridgehead atoms. The average Bonchev–Trinajstić information content (AvgIpc) is 2.95. The van der Waals surface area contributed by atoms with E-state index in [1.807, 2.05) is 0 Å². The van der Waals surface area contributed by atoms with Gasteiger partial charge in [-0.25, -0.2) is 0 Å². The maximum absolute atomic E-state index is 12.0. The number of hydrogen-bond donors (Lipinski definition) is 3. The lowest BCUT2D eigenvalue weighted by molar-refractivity contribution is -0.124. The van der Waals surface area contributed by atoms with Crippen LogP contribution in [0.2, 0.25) is 0 Å². The van der Waals surface area contributed by atoms with Crippen LogP contribution in [-0.2, 0) is 4.79 Å². The van der Waals surface area contributed by atoms with Gasteiger partial charge >= 0.3 is 0 Å². The molecule has 3 unspecified atom stereocenters. The van der Waals surface area contributed by atoms with Crippen molar-refractivity contribution in [3.05, 3.63) is 24.2 Å². The van der Waals surface area contributed by atoms with Crippen LogP contribution in [0.3, 0.4) is 0 Å². The highest BCUT2D eigenvalue weighted by Gasteiger charge is 2.27. The molecule has 0 aromatic carbocycles. The first-order valence-electron chi connectivity index (χ1n) is 6.90. The zero-order valence-electron chi connectivity index (χ0n) is 11.5. The Balaban J connectivity index is 1.84. The summed E-state index contributed by atoms with van der Waals surface area (Å²) in [6.07, 6.45) is 4.36. The number of aliphatic hydroxyl groups is 1. The molecule has 2 rings (SSSR count). The molecule has 6 heteroatoms. The van der Waals surface area contributed by atoms with Crippen LogP contribution < -0.4 is 10.6 Å². The molecule has 6 nitrogen and oxygen atoms in total. The van der Waals surface area contributed by atoms with Crippen LogP contribution in [0.5, 0.6) is 0 Å². The number of carbonyl (C=O) groups excluding carboxylic acids is 2. The van der Waals surface area contributed by atoms with E-state index in [9.17, 15) is 14.7 Å². The lowest BCUT2D eigenvalue weighted by Gasteiger charge is -2.29. The second kappa shape index (κ2) is 6.56. The number of rotatable bonds is 4. The summed E-state index contributed by atoms with van der Waals surface area (Å²) in [6.45, 7) is 1.60. The van der Waals surface area contributed by atoms with Crippen LogP contribution >= 0.6 is 0 Å². The average molecular weight is 280 g/mol. The molecular weight excluding hydrogens is 260 g/mol. The molecular formula is C14H20N2O4. The summed E-state index contributed by atoms with van der Waals surface area (Å²) >= 11 is 0. The smallest absolute Gasteiger partial charge is 0.287 e. The van der Waals surface area contributed by atoms with Crippen molar-refractivity contribution in [3.63, 3.8) is 0 Å². The molecule has 0 saturated heterocycles. The van der Waals surface area contributed by atoms with Gasteiger partial charge in [0.2, 0.25) is 5.91 Å². The van der Waals surface area contributed by atoms with Gasteiger partial charge in [0.15, 0.2) is 5.76 Å². The Morgan fingerprint density at radius 1 is 1.40 bits per heavy atom. The van der Waals surface area contributed by atoms with Crippen molar-refractivity contribution < 1.29 is 19.1 Å². The number of carbonyl (C=O) groups is 2. The predicted octanol–water partition coefficient (Wildman–Crippen LogP) is 0.818. The van der Waals surface area contributed by atoms with Gasteiger partial charge in [0.25, 0.3) is 5.91 Å². The summed E-state index contributed by atoms with van der Waals surface area (Å²) in [5.41, 5.74) is 0. The lowest BCUT2D eigenvalue weighted by Crippen LogP contribution is -2.52. The Hall–Kier alpha value is -1.82. The third-order valence-electron chi connectivity index (χ3n) is 3.54. The Kier molecular flexibility index (Phi) is 4.79. The van der Waals surface area contributed by atoms with Crippen molar-refractivity contribution in [3.8, 4) is 0 Å². The van der Waals surface area contributed by atoms with Gasteiger partial charge in [0, 0.05) is 0 Å². The third-order valence-corrected chi connectivity index (χ3v) is 3.54. The van der Waals surface area contributed by atoms with Crippen molar-refractivity contribution in [1.29, 1.82) is 0 Å². The molecule has 2 amide bonds. The molecule has 0 aliphatic heterocycles. The molecule has 3 atom stereocenters. The molecule has 1 aromatic rings. The van der Waals surface area contributed by atoms with Gasteiger partial charge in [-0.15, -0.1) is 0 Å². The fourth-order valence-electron chi connectivity index (χ4n) is 2.33. The largest absolute Gasteiger partial charge is 0.459 e. The number of aliphatic hydroxyl groups excluding tert-OH is 1. The van der Waals surface area contributed by atoms with Gasteiger partial charge in [0.05, 0.1) is 18.4 Å². The number of furan rings is 1. The maximum Gasteiger partial charge on any atom is 0.287 e. The monoisotopic (exact) mass is 280 g/mol. The van der Waals surface area contributed by atoms with E-state index in [1.54, 1.807) is 13.0 Å². The standard InChI is InChI=1S/C14H20N2O4/c1-9(15-14(19)12-7-4-8-20-12)13(18)16-10-5-2-3-6-11(10)17/h4,7-11,17H,2-3,5-6H2,1H3,(H,15,19)(H,16,18). The van der Waals surface area contributed by atoms with E-state index >= 15 is 0 Å². The fourth-order valence-corrected chi connectivity index (χ4v) is 2.33. The minimum absolute atomic E-state index is 0.169. The van der Waals surface area contributed by atoms with Gasteiger partial charge in [0.1, 0.15) is 6.04 Å². The van der Waals surface area contributed by atoms with Gasteiger partial charge in [-0.1, -0.05) is 12.8 Å². The Morgan fingerprint density at radius 3 is 2.80 bits per heavy atom. The van der Waals surface area contributed by atoms with Gasteiger partial charge < -0.3 is 20.2 Å². The van der Waals surface area contributed by atoms with Gasteiger partial charge in [-0.05, 0) is 31.9 Å². The topological polar surface area (TPSA) is 91.6 Å². The second-order valence-corrected chi connectivity index (χ2v) is 5.14. The quantitative estimate of drug-likeness (QED) is 0.761. The molecule has 1 aromatic heterocycles. The van der Waals surface area contributed by atoms with Crippen molar-refractivity contribution >= 4 is 11.8 Å². The van der Waals surface area contributed by atoms with Crippen LogP contribution in [0.1, 0.15) is 43.2 Å². The van der Waals surface area contributed by atoms with Crippen molar-refractivity contribution in [2.45, 2.75) is 50.8 Å². The molecule has 0 radical (unpaired) electrons. The second-order valence-electron chi connectivity index (χ2n) is 5.14. The number of amides is 2. The summed E-state index contributed by atoms with van der Waals surface area (Å²) < 4.78 is 4.96. The molecule has 3 N–H and O–H groups in total. The van der Waals surface area contributed by atoms with E-state index in [-0.39, 0.29) is 17.7 Å². The first kappa shape index (κ1) is 14.6. The highest BCUT2D eigenvalue weighted by Crippen LogP contribution is 2.18. The summed E-state index contributed by atoms with van der Waals surface area (Å²) in [6, 6.07) is 2.24. The lowest BCUT2D eigenvalue weighted by atomic mass is 9.92. The van der Waals surface area contributed by atoms with Crippen molar-refractivity contribution in [2.75, 3.05) is 0 Å². The van der Waals surface area contributed by atoms with Crippen LogP contribution in [0.4, 0.5) is 0 Å². The van der Waals surface area contributed by atoms with E-state index in [4.69, 9.17) is 4.42 Å². The first-order valence-corrected chi connectivity index (χ1v) is 6.90. The van der Waals surface area contributed by atoms with Crippen LogP contribution in [0.15, 0.2) is 22.8 Å². The van der Waals surface area contributed by atoms with Crippen molar-refractivity contribution in [1.82, 2.24) is 10.6 Å². The predicted molar refractivity (Wildman–Crippen MR) is 72.0 cm³/mol. The fraction of sp³-hybridized carbons (Fsp3) is 0.571. The van der Waals surface area contributed by atoms with E-state index < -0.39 is 18.1 Å². The molecule has 1 aliphatic carbocycles. The van der Waals surface area contributed by atoms with Crippen molar-refractivity contribution in [2.24, 2.45) is 0 Å². The van der Waals surface area contributed by atoms with E-state index in [0.29, 0.717) is 6.42 Å². The normalized spacial score (nSPS) is 23.9. The Bertz CT molecular complexity index is 458. The third kappa shape index (κ3) is 3.60. The molecule has 1 fully saturated rings. The Labute approximate surface area is 117 Å². The summed E-state index contributed by atoms with van der Waals surface area (Å²) in [4.78, 5) is 23.7. The summed E-state index contributed by atoms with van der Waals surface area (Å²) in [5.74, 6) is -0.556. The maximum atomic E-state index is 12.0. The van der Waals surface area contributed by atoms with Gasteiger partial charge in [-0.3, -0.25) is 9.59 Å². The molecule has 110 valence electrons. The molecule has 1 aliphatic rings. The summed E-state index contributed by atoms with van der Waals surface area (Å²) in [7, 11) is 0. The molecule has 1 heterocycles. The van der Waals surface area contributed by atoms with E-state index in [1.165, 1.54) is 12.3 Å². The van der Waals surface area contributed by atoms with Crippen LogP contribution in [0, 0.1) is 0 Å². The van der Waals surface area contributed by atoms with Crippen LogP contribution in [-0.4, -0.2) is 35.1 Å². The highest BCUT2D eigenvalue weighted by molar-refractivity contribution is 5.95. The SMILES string of the molecule is CC(NC(=O)c1ccco1)C(=O)NC1CCCCC1O. The summed E-state index contributed by atoms with van der Waals surface area (Å²) in [5, 5.41) is 15.2. The first-order chi connectivity index (χ1) is 9.58. The Morgan fingerprint density at radius 2 is 2.15 bits per heavy atom. The van der Waals surface area contributed by atoms with Crippen LogP contribution in [0.25, 0.3) is 0 Å². The zero-order valence-corrected chi connectivity index (χ0v) is 11.5. The zero-order chi connectivity index (χ0) is 14.5.